The summed E-state index contributed by atoms with van der Waals surface area (Å²) in [5.74, 6) is 0.578. The normalized spacial score (nSPS) is 11.9. The van der Waals surface area contributed by atoms with E-state index in [1.807, 2.05) is 49.4 Å². The molecule has 6 nitrogen and oxygen atoms in total. The van der Waals surface area contributed by atoms with Gasteiger partial charge in [-0.15, -0.1) is 11.3 Å². The van der Waals surface area contributed by atoms with Crippen molar-refractivity contribution in [2.45, 2.75) is 38.7 Å². The predicted octanol–water partition coefficient (Wildman–Crippen LogP) is 6.45. The lowest BCUT2D eigenvalue weighted by atomic mass is 10.00. The number of carboxylic acids is 1. The molecule has 0 aliphatic rings. The number of aromatic nitrogens is 2. The molecular formula is C26H26N2O4S. The zero-order chi connectivity index (χ0) is 23.2. The molecule has 7 heteroatoms. The molecule has 0 radical (unpaired) electrons. The van der Waals surface area contributed by atoms with E-state index < -0.39 is 5.97 Å². The lowest BCUT2D eigenvalue weighted by Gasteiger charge is -2.15. The summed E-state index contributed by atoms with van der Waals surface area (Å²) >= 11 is 1.62. The number of carbonyl (C=O) groups is 1. The number of benzene rings is 2. The maximum absolute atomic E-state index is 10.8. The summed E-state index contributed by atoms with van der Waals surface area (Å²) in [5.41, 5.74) is 3.19. The molecule has 1 N–H and O–H groups in total. The van der Waals surface area contributed by atoms with E-state index in [4.69, 9.17) is 14.6 Å². The maximum atomic E-state index is 10.8. The average Bonchev–Trinajstić information content (AvgIpc) is 3.23. The summed E-state index contributed by atoms with van der Waals surface area (Å²) in [6.07, 6.45) is 3.80. The van der Waals surface area contributed by atoms with Crippen LogP contribution in [0.25, 0.3) is 31.8 Å². The Balaban J connectivity index is 1.74. The number of ether oxygens (including phenoxy) is 2. The van der Waals surface area contributed by atoms with Gasteiger partial charge in [0, 0.05) is 16.9 Å². The molecule has 2 aromatic heterocycles. The molecule has 0 amide bonds. The molecule has 0 bridgehead atoms. The zero-order valence-corrected chi connectivity index (χ0v) is 19.5. The van der Waals surface area contributed by atoms with Gasteiger partial charge in [0.05, 0.1) is 18.6 Å². The van der Waals surface area contributed by atoms with Crippen molar-refractivity contribution >= 4 is 27.5 Å². The first kappa shape index (κ1) is 22.7. The Bertz CT molecular complexity index is 1220. The third kappa shape index (κ3) is 5.31. The number of rotatable bonds is 10. The second-order valence-corrected chi connectivity index (χ2v) is 8.83. The third-order valence-corrected chi connectivity index (χ3v) is 6.58. The summed E-state index contributed by atoms with van der Waals surface area (Å²) in [7, 11) is 1.65. The second-order valence-electron chi connectivity index (χ2n) is 7.83. The molecule has 0 saturated carbocycles. The highest BCUT2D eigenvalue weighted by Crippen LogP contribution is 2.47. The van der Waals surface area contributed by atoms with Crippen molar-refractivity contribution in [3.05, 3.63) is 60.9 Å². The molecule has 0 saturated heterocycles. The van der Waals surface area contributed by atoms with Crippen molar-refractivity contribution in [1.82, 2.24) is 9.97 Å². The summed E-state index contributed by atoms with van der Waals surface area (Å²) in [5, 5.41) is 9.74. The molecule has 33 heavy (non-hydrogen) atoms. The molecule has 4 rings (SSSR count). The number of hydrogen-bond donors (Lipinski definition) is 1. The molecule has 0 fully saturated rings. The largest absolute Gasteiger partial charge is 0.497 e. The molecule has 2 aromatic carbocycles. The Kier molecular flexibility index (Phi) is 7.19. The van der Waals surface area contributed by atoms with Crippen LogP contribution in [0.2, 0.25) is 0 Å². The van der Waals surface area contributed by atoms with Crippen molar-refractivity contribution in [3.8, 4) is 33.2 Å². The molecular weight excluding hydrogens is 436 g/mol. The quantitative estimate of drug-likeness (QED) is 0.273. The van der Waals surface area contributed by atoms with Crippen LogP contribution in [0.4, 0.5) is 0 Å². The Hall–Kier alpha value is -3.45. The van der Waals surface area contributed by atoms with Crippen molar-refractivity contribution in [1.29, 1.82) is 0 Å². The van der Waals surface area contributed by atoms with Gasteiger partial charge in [-0.2, -0.15) is 0 Å². The smallest absolute Gasteiger partial charge is 0.303 e. The van der Waals surface area contributed by atoms with Gasteiger partial charge in [-0.1, -0.05) is 42.5 Å². The molecule has 4 aromatic rings. The zero-order valence-electron chi connectivity index (χ0n) is 18.7. The van der Waals surface area contributed by atoms with E-state index in [0.29, 0.717) is 12.3 Å². The minimum absolute atomic E-state index is 0.0966. The first-order valence-electron chi connectivity index (χ1n) is 10.9. The lowest BCUT2D eigenvalue weighted by Crippen LogP contribution is -2.13. The van der Waals surface area contributed by atoms with Crippen LogP contribution in [0.15, 0.2) is 60.9 Å². The van der Waals surface area contributed by atoms with Crippen LogP contribution in [0, 0.1) is 0 Å². The van der Waals surface area contributed by atoms with Gasteiger partial charge < -0.3 is 14.6 Å². The Morgan fingerprint density at radius 1 is 1.03 bits per heavy atom. The number of unbranched alkanes of at least 4 members (excludes halogenated alkanes) is 1. The van der Waals surface area contributed by atoms with Gasteiger partial charge in [-0.25, -0.2) is 9.97 Å². The minimum Gasteiger partial charge on any atom is -0.497 e. The van der Waals surface area contributed by atoms with E-state index in [0.717, 1.165) is 50.4 Å². The van der Waals surface area contributed by atoms with E-state index in [9.17, 15) is 4.79 Å². The molecule has 0 aliphatic carbocycles. The topological polar surface area (TPSA) is 81.5 Å². The van der Waals surface area contributed by atoms with E-state index in [2.05, 4.69) is 22.1 Å². The van der Waals surface area contributed by atoms with Gasteiger partial charge in [0.15, 0.2) is 0 Å². The van der Waals surface area contributed by atoms with Crippen LogP contribution in [0.5, 0.6) is 11.6 Å². The van der Waals surface area contributed by atoms with Crippen LogP contribution >= 0.6 is 11.3 Å². The van der Waals surface area contributed by atoms with Gasteiger partial charge in [-0.3, -0.25) is 4.79 Å². The van der Waals surface area contributed by atoms with Crippen LogP contribution in [-0.4, -0.2) is 34.3 Å². The van der Waals surface area contributed by atoms with Crippen LogP contribution in [0.1, 0.15) is 32.6 Å². The summed E-state index contributed by atoms with van der Waals surface area (Å²) in [4.78, 5) is 21.8. The fraction of sp³-hybridized carbons (Fsp3) is 0.269. The Morgan fingerprint density at radius 2 is 1.79 bits per heavy atom. The second kappa shape index (κ2) is 10.4. The highest BCUT2D eigenvalue weighted by molar-refractivity contribution is 7.22. The monoisotopic (exact) mass is 462 g/mol. The van der Waals surface area contributed by atoms with E-state index in [1.165, 1.54) is 6.33 Å². The Labute approximate surface area is 196 Å². The maximum Gasteiger partial charge on any atom is 0.303 e. The van der Waals surface area contributed by atoms with Gasteiger partial charge in [-0.05, 0) is 49.4 Å². The van der Waals surface area contributed by atoms with Crippen molar-refractivity contribution < 1.29 is 19.4 Å². The minimum atomic E-state index is -0.767. The van der Waals surface area contributed by atoms with Gasteiger partial charge in [0.2, 0.25) is 5.88 Å². The number of carboxylic acid groups (broad SMARTS) is 1. The lowest BCUT2D eigenvalue weighted by molar-refractivity contribution is -0.137. The molecule has 0 spiro atoms. The average molecular weight is 463 g/mol. The molecule has 170 valence electrons. The van der Waals surface area contributed by atoms with Gasteiger partial charge in [0.1, 0.15) is 16.9 Å². The summed E-state index contributed by atoms with van der Waals surface area (Å²) < 4.78 is 11.6. The highest BCUT2D eigenvalue weighted by Gasteiger charge is 2.22. The standard InChI is InChI=1S/C26H26N2O4S/c1-17(8-6-7-11-21(29)30)32-25-23-22(18-12-14-20(31-2)15-13-18)24(19-9-4-3-5-10-19)33-26(23)28-16-27-25/h3-5,9-10,12-17H,6-8,11H2,1-2H3,(H,29,30)/t17-/m1/s1. The van der Waals surface area contributed by atoms with Gasteiger partial charge in [0.25, 0.3) is 0 Å². The van der Waals surface area contributed by atoms with Crippen LogP contribution in [-0.2, 0) is 4.79 Å². The molecule has 0 aliphatic heterocycles. The van der Waals surface area contributed by atoms with E-state index >= 15 is 0 Å². The first-order valence-corrected chi connectivity index (χ1v) is 11.7. The Morgan fingerprint density at radius 3 is 2.48 bits per heavy atom. The molecule has 0 unspecified atom stereocenters. The number of nitrogens with zero attached hydrogens (tertiary/aromatic N) is 2. The highest BCUT2D eigenvalue weighted by atomic mass is 32.1. The summed E-state index contributed by atoms with van der Waals surface area (Å²) in [6.45, 7) is 1.99. The van der Waals surface area contributed by atoms with E-state index in [1.54, 1.807) is 18.4 Å². The van der Waals surface area contributed by atoms with E-state index in [-0.39, 0.29) is 12.5 Å². The predicted molar refractivity (Wildman–Crippen MR) is 131 cm³/mol. The molecule has 2 heterocycles. The first-order chi connectivity index (χ1) is 16.1. The summed E-state index contributed by atoms with van der Waals surface area (Å²) in [6, 6.07) is 18.2. The molecule has 1 atom stereocenters. The van der Waals surface area contributed by atoms with Crippen molar-refractivity contribution in [3.63, 3.8) is 0 Å². The number of methoxy groups -OCH3 is 1. The van der Waals surface area contributed by atoms with Crippen molar-refractivity contribution in [2.24, 2.45) is 0 Å². The fourth-order valence-electron chi connectivity index (χ4n) is 3.78. The van der Waals surface area contributed by atoms with Crippen LogP contribution in [0.3, 0.4) is 0 Å². The number of hydrogen-bond acceptors (Lipinski definition) is 6. The number of thiophene rings is 1. The van der Waals surface area contributed by atoms with Crippen LogP contribution < -0.4 is 9.47 Å². The number of fused-ring (bicyclic) bond motifs is 1. The van der Waals surface area contributed by atoms with Gasteiger partial charge >= 0.3 is 5.97 Å². The fourth-order valence-corrected chi connectivity index (χ4v) is 4.94. The third-order valence-electron chi connectivity index (χ3n) is 5.43. The number of aliphatic carboxylic acids is 1. The van der Waals surface area contributed by atoms with Crippen molar-refractivity contribution in [2.75, 3.05) is 7.11 Å². The SMILES string of the molecule is COc1ccc(-c2c(-c3ccccc3)sc3ncnc(O[C@H](C)CCCCC(=O)O)c23)cc1.